The Kier molecular flexibility index (Phi) is 8.21. The van der Waals surface area contributed by atoms with Crippen LogP contribution in [-0.4, -0.2) is 37.0 Å². The van der Waals surface area contributed by atoms with Gasteiger partial charge in [0.2, 0.25) is 5.91 Å². The van der Waals surface area contributed by atoms with Crippen molar-refractivity contribution in [2.24, 2.45) is 4.99 Å². The number of carbonyl (C=O) groups excluding carboxylic acids is 1. The van der Waals surface area contributed by atoms with E-state index in [9.17, 15) is 18.8 Å². The molecule has 0 saturated carbocycles. The van der Waals surface area contributed by atoms with Crippen molar-refractivity contribution >= 4 is 34.9 Å². The maximum absolute atomic E-state index is 13.7. The normalized spacial score (nSPS) is 12.9. The second kappa shape index (κ2) is 11.7. The zero-order valence-corrected chi connectivity index (χ0v) is 21.6. The first kappa shape index (κ1) is 27.3. The number of aryl methyl sites for hydroxylation is 1. The number of carbonyl (C=O) groups is 1. The third-order valence-corrected chi connectivity index (χ3v) is 5.95. The van der Waals surface area contributed by atoms with E-state index in [0.29, 0.717) is 32.7 Å². The van der Waals surface area contributed by atoms with E-state index in [1.807, 2.05) is 0 Å². The number of nitriles is 1. The second-order valence-corrected chi connectivity index (χ2v) is 8.78. The van der Waals surface area contributed by atoms with Crippen LogP contribution in [0.3, 0.4) is 0 Å². The number of hydrogen-bond donors (Lipinski definition) is 2. The van der Waals surface area contributed by atoms with Crippen molar-refractivity contribution < 1.29 is 13.6 Å². The van der Waals surface area contributed by atoms with Gasteiger partial charge in [0.25, 0.3) is 6.43 Å². The Morgan fingerprint density at radius 3 is 2.74 bits per heavy atom. The lowest BCUT2D eigenvalue weighted by Crippen LogP contribution is -2.38. The van der Waals surface area contributed by atoms with Gasteiger partial charge in [-0.25, -0.2) is 23.7 Å². The summed E-state index contributed by atoms with van der Waals surface area (Å²) in [5.41, 5.74) is 1.25. The number of hydrogen-bond acceptors (Lipinski definition) is 8. The van der Waals surface area contributed by atoms with E-state index >= 15 is 0 Å². The Morgan fingerprint density at radius 2 is 2.08 bits per heavy atom. The van der Waals surface area contributed by atoms with Crippen molar-refractivity contribution in [3.05, 3.63) is 93.5 Å². The lowest BCUT2D eigenvalue weighted by Gasteiger charge is -2.12. The summed E-state index contributed by atoms with van der Waals surface area (Å²) in [5.74, 6) is -0.442. The van der Waals surface area contributed by atoms with E-state index in [2.05, 4.69) is 42.3 Å². The first-order chi connectivity index (χ1) is 18.7. The van der Waals surface area contributed by atoms with E-state index in [0.717, 1.165) is 4.52 Å². The SMILES string of the molecule is C=CNc1cc(Cl)ccc1/C=c1\c(C)nc2c(C#N)c(C(F)F)nn2c1=NCC(=O)NC(C)c1cncnc1. The minimum atomic E-state index is -3.01. The van der Waals surface area contributed by atoms with E-state index in [-0.39, 0.29) is 23.2 Å². The molecule has 1 atom stereocenters. The molecule has 4 rings (SSSR count). The molecule has 1 aromatic carbocycles. The lowest BCUT2D eigenvalue weighted by molar-refractivity contribution is -0.120. The average molecular weight is 550 g/mol. The maximum Gasteiger partial charge on any atom is 0.283 e. The van der Waals surface area contributed by atoms with Crippen molar-refractivity contribution in [1.82, 2.24) is 29.9 Å². The topological polar surface area (TPSA) is 133 Å². The van der Waals surface area contributed by atoms with E-state index < -0.39 is 24.1 Å². The molecule has 3 heterocycles. The summed E-state index contributed by atoms with van der Waals surface area (Å²) in [5, 5.41) is 20.2. The molecular formula is C26H22ClF2N9O. The monoisotopic (exact) mass is 549 g/mol. The van der Waals surface area contributed by atoms with Gasteiger partial charge in [0.15, 0.2) is 11.1 Å². The molecule has 1 unspecified atom stereocenters. The predicted molar refractivity (Wildman–Crippen MR) is 140 cm³/mol. The van der Waals surface area contributed by atoms with Crippen LogP contribution in [0, 0.1) is 18.3 Å². The molecule has 10 nitrogen and oxygen atoms in total. The smallest absolute Gasteiger partial charge is 0.283 e. The average Bonchev–Trinajstić information content (AvgIpc) is 3.28. The van der Waals surface area contributed by atoms with Gasteiger partial charge < -0.3 is 10.6 Å². The molecule has 0 fully saturated rings. The fourth-order valence-electron chi connectivity index (χ4n) is 3.85. The van der Waals surface area contributed by atoms with Crippen molar-refractivity contribution in [3.8, 4) is 6.07 Å². The number of aromatic nitrogens is 5. The molecule has 0 saturated heterocycles. The number of halogens is 3. The van der Waals surface area contributed by atoms with Gasteiger partial charge in [-0.3, -0.25) is 9.79 Å². The molecule has 4 aromatic rings. The quantitative estimate of drug-likeness (QED) is 0.345. The fraction of sp³-hybridized carbons (Fsp3) is 0.192. The van der Waals surface area contributed by atoms with Gasteiger partial charge in [0, 0.05) is 33.9 Å². The molecule has 198 valence electrons. The summed E-state index contributed by atoms with van der Waals surface area (Å²) in [6.07, 6.45) is 4.72. The molecule has 0 spiro atoms. The van der Waals surface area contributed by atoms with Gasteiger partial charge in [-0.2, -0.15) is 14.9 Å². The Bertz CT molecular complexity index is 1720. The van der Waals surface area contributed by atoms with E-state index in [4.69, 9.17) is 11.6 Å². The Labute approximate surface area is 226 Å². The minimum absolute atomic E-state index is 0.0752. The molecular weight excluding hydrogens is 528 g/mol. The Hall–Kier alpha value is -4.76. The highest BCUT2D eigenvalue weighted by molar-refractivity contribution is 6.30. The maximum atomic E-state index is 13.7. The van der Waals surface area contributed by atoms with Crippen LogP contribution in [0.2, 0.25) is 5.02 Å². The van der Waals surface area contributed by atoms with Crippen molar-refractivity contribution in [2.75, 3.05) is 11.9 Å². The Morgan fingerprint density at radius 1 is 1.33 bits per heavy atom. The first-order valence-electron chi connectivity index (χ1n) is 11.6. The van der Waals surface area contributed by atoms with Crippen LogP contribution in [-0.2, 0) is 4.79 Å². The molecule has 0 bridgehead atoms. The van der Waals surface area contributed by atoms with E-state index in [1.54, 1.807) is 56.6 Å². The summed E-state index contributed by atoms with van der Waals surface area (Å²) in [4.78, 5) is 29.5. The number of anilines is 1. The standard InChI is InChI=1S/C26H22ClF2N9O/c1-4-33-21-8-18(27)6-5-16(21)7-19-15(3)36-26-20(9-30)23(24(28)29)37-38(26)25(19)34-12-22(39)35-14(2)17-10-31-13-32-11-17/h4-8,10-11,13-14,24,33H,1,12H2,2-3H3,(H,35,39)/b19-7+,34-25?. The molecule has 0 aliphatic carbocycles. The molecule has 39 heavy (non-hydrogen) atoms. The molecule has 0 radical (unpaired) electrons. The molecule has 0 aliphatic rings. The Balaban J connectivity index is 1.90. The molecule has 13 heteroatoms. The van der Waals surface area contributed by atoms with Crippen molar-refractivity contribution in [3.63, 3.8) is 0 Å². The highest BCUT2D eigenvalue weighted by Gasteiger charge is 2.23. The summed E-state index contributed by atoms with van der Waals surface area (Å²) < 4.78 is 28.5. The zero-order chi connectivity index (χ0) is 28.1. The zero-order valence-electron chi connectivity index (χ0n) is 20.9. The van der Waals surface area contributed by atoms with Crippen LogP contribution in [0.25, 0.3) is 11.7 Å². The van der Waals surface area contributed by atoms with Crippen molar-refractivity contribution in [2.45, 2.75) is 26.3 Å². The third-order valence-electron chi connectivity index (χ3n) is 5.71. The van der Waals surface area contributed by atoms with Gasteiger partial charge in [-0.1, -0.05) is 24.2 Å². The number of nitrogens with one attached hydrogen (secondary N) is 2. The summed E-state index contributed by atoms with van der Waals surface area (Å²) >= 11 is 6.15. The minimum Gasteiger partial charge on any atom is -0.362 e. The molecule has 2 N–H and O–H groups in total. The summed E-state index contributed by atoms with van der Waals surface area (Å²) in [7, 11) is 0. The van der Waals surface area contributed by atoms with Crippen LogP contribution < -0.4 is 21.3 Å². The highest BCUT2D eigenvalue weighted by Crippen LogP contribution is 2.24. The van der Waals surface area contributed by atoms with Crippen LogP contribution in [0.4, 0.5) is 14.5 Å². The number of alkyl halides is 2. The third kappa shape index (κ3) is 5.89. The second-order valence-electron chi connectivity index (χ2n) is 8.34. The molecule has 1 amide bonds. The number of amides is 1. The van der Waals surface area contributed by atoms with Crippen LogP contribution >= 0.6 is 11.6 Å². The predicted octanol–water partition coefficient (Wildman–Crippen LogP) is 3.17. The summed E-state index contributed by atoms with van der Waals surface area (Å²) in [6, 6.07) is 6.47. The molecule has 3 aromatic heterocycles. The first-order valence-corrected chi connectivity index (χ1v) is 12.0. The number of nitrogens with zero attached hydrogens (tertiary/aromatic N) is 7. The number of fused-ring (bicyclic) bond motifs is 1. The largest absolute Gasteiger partial charge is 0.362 e. The highest BCUT2D eigenvalue weighted by atomic mass is 35.5. The summed E-state index contributed by atoms with van der Waals surface area (Å²) in [6.45, 7) is 6.73. The van der Waals surface area contributed by atoms with Crippen LogP contribution in [0.5, 0.6) is 0 Å². The van der Waals surface area contributed by atoms with Gasteiger partial charge in [0.1, 0.15) is 30.2 Å². The fourth-order valence-corrected chi connectivity index (χ4v) is 4.02. The lowest BCUT2D eigenvalue weighted by atomic mass is 10.1. The molecule has 0 aliphatic heterocycles. The van der Waals surface area contributed by atoms with Crippen LogP contribution in [0.15, 0.2) is 54.7 Å². The van der Waals surface area contributed by atoms with Gasteiger partial charge >= 0.3 is 0 Å². The number of benzene rings is 1. The number of rotatable bonds is 8. The van der Waals surface area contributed by atoms with E-state index in [1.165, 1.54) is 12.5 Å². The van der Waals surface area contributed by atoms with Gasteiger partial charge in [-0.05, 0) is 43.8 Å². The van der Waals surface area contributed by atoms with Gasteiger partial charge in [0.05, 0.1) is 11.7 Å². The van der Waals surface area contributed by atoms with Gasteiger partial charge in [-0.15, -0.1) is 0 Å². The van der Waals surface area contributed by atoms with Crippen molar-refractivity contribution in [1.29, 1.82) is 5.26 Å². The van der Waals surface area contributed by atoms with Crippen LogP contribution in [0.1, 0.15) is 47.5 Å².